The molecule has 0 aliphatic carbocycles. The van der Waals surface area contributed by atoms with Gasteiger partial charge in [0.1, 0.15) is 11.3 Å². The number of aryl methyl sites for hydroxylation is 3. The lowest BCUT2D eigenvalue weighted by molar-refractivity contribution is 0.368. The van der Waals surface area contributed by atoms with E-state index in [4.69, 9.17) is 16.1 Å². The molecule has 1 unspecified atom stereocenters. The molecule has 0 aromatic carbocycles. The van der Waals surface area contributed by atoms with Crippen LogP contribution in [0.1, 0.15) is 29.8 Å². The molecule has 0 bridgehead atoms. The van der Waals surface area contributed by atoms with Crippen LogP contribution in [0.3, 0.4) is 0 Å². The molecule has 20 heavy (non-hydrogen) atoms. The lowest BCUT2D eigenvalue weighted by Gasteiger charge is -2.08. The van der Waals surface area contributed by atoms with E-state index in [0.717, 1.165) is 16.9 Å². The van der Waals surface area contributed by atoms with Crippen LogP contribution in [0.15, 0.2) is 23.0 Å². The van der Waals surface area contributed by atoms with Gasteiger partial charge in [-0.25, -0.2) is 4.98 Å². The molecule has 3 aromatic rings. The Kier molecular flexibility index (Phi) is 3.40. The third-order valence-electron chi connectivity index (χ3n) is 3.05. The highest BCUT2D eigenvalue weighted by Gasteiger charge is 2.15. The summed E-state index contributed by atoms with van der Waals surface area (Å²) in [5.41, 5.74) is 1.86. The number of pyridine rings is 1. The van der Waals surface area contributed by atoms with Crippen LogP contribution in [0.4, 0.5) is 0 Å². The van der Waals surface area contributed by atoms with Crippen molar-refractivity contribution >= 4 is 22.6 Å². The Bertz CT molecular complexity index is 733. The SMILES string of the molecule is Cc1noc(CCn2c(C(C)Cl)nc3cnccc32)n1. The van der Waals surface area contributed by atoms with Gasteiger partial charge in [0, 0.05) is 19.2 Å². The smallest absolute Gasteiger partial charge is 0.228 e. The van der Waals surface area contributed by atoms with Crippen molar-refractivity contribution < 1.29 is 4.52 Å². The minimum atomic E-state index is -0.174. The molecule has 0 saturated heterocycles. The van der Waals surface area contributed by atoms with E-state index in [1.165, 1.54) is 0 Å². The lowest BCUT2D eigenvalue weighted by Crippen LogP contribution is -2.07. The molecule has 0 saturated carbocycles. The highest BCUT2D eigenvalue weighted by atomic mass is 35.5. The van der Waals surface area contributed by atoms with Crippen molar-refractivity contribution in [2.75, 3.05) is 0 Å². The van der Waals surface area contributed by atoms with E-state index in [1.54, 1.807) is 19.3 Å². The van der Waals surface area contributed by atoms with E-state index >= 15 is 0 Å². The van der Waals surface area contributed by atoms with Crippen LogP contribution < -0.4 is 0 Å². The summed E-state index contributed by atoms with van der Waals surface area (Å²) < 4.78 is 7.21. The average Bonchev–Trinajstić information content (AvgIpc) is 3.00. The zero-order valence-corrected chi connectivity index (χ0v) is 12.0. The highest BCUT2D eigenvalue weighted by Crippen LogP contribution is 2.24. The second-order valence-electron chi connectivity index (χ2n) is 4.59. The first-order valence-electron chi connectivity index (χ1n) is 6.38. The molecule has 1 atom stereocenters. The summed E-state index contributed by atoms with van der Waals surface area (Å²) in [6.45, 7) is 4.40. The van der Waals surface area contributed by atoms with Crippen LogP contribution in [0.5, 0.6) is 0 Å². The topological polar surface area (TPSA) is 69.6 Å². The molecule has 0 N–H and O–H groups in total. The number of aromatic nitrogens is 5. The molecule has 0 aliphatic heterocycles. The zero-order chi connectivity index (χ0) is 14.1. The third-order valence-corrected chi connectivity index (χ3v) is 3.25. The number of nitrogens with zero attached hydrogens (tertiary/aromatic N) is 5. The maximum absolute atomic E-state index is 6.21. The van der Waals surface area contributed by atoms with Crippen LogP contribution in [0.25, 0.3) is 11.0 Å². The molecule has 104 valence electrons. The molecule has 6 nitrogen and oxygen atoms in total. The summed E-state index contributed by atoms with van der Waals surface area (Å²) in [4.78, 5) is 12.8. The molecule has 7 heteroatoms. The standard InChI is InChI=1S/C13H14ClN5O/c1-8(14)13-17-10-7-15-5-3-11(10)19(13)6-4-12-16-9(2)18-20-12/h3,5,7-8H,4,6H2,1-2H3. The normalized spacial score (nSPS) is 12.9. The van der Waals surface area contributed by atoms with E-state index < -0.39 is 0 Å². The largest absolute Gasteiger partial charge is 0.339 e. The molecule has 0 fully saturated rings. The Labute approximate surface area is 120 Å². The van der Waals surface area contributed by atoms with Gasteiger partial charge in [0.15, 0.2) is 5.82 Å². The summed E-state index contributed by atoms with van der Waals surface area (Å²) >= 11 is 6.21. The molecular formula is C13H14ClN5O. The Balaban J connectivity index is 1.94. The summed E-state index contributed by atoms with van der Waals surface area (Å²) in [7, 11) is 0. The molecule has 3 aromatic heterocycles. The number of hydrogen-bond acceptors (Lipinski definition) is 5. The highest BCUT2D eigenvalue weighted by molar-refractivity contribution is 6.20. The number of halogens is 1. The summed E-state index contributed by atoms with van der Waals surface area (Å²) in [6, 6.07) is 1.93. The van der Waals surface area contributed by atoms with Crippen molar-refractivity contribution in [1.82, 2.24) is 24.7 Å². The fraction of sp³-hybridized carbons (Fsp3) is 0.385. The summed E-state index contributed by atoms with van der Waals surface area (Å²) in [5, 5.41) is 3.62. The van der Waals surface area contributed by atoms with Gasteiger partial charge in [-0.3, -0.25) is 4.98 Å². The Hall–Kier alpha value is -1.95. The molecule has 0 radical (unpaired) electrons. The van der Waals surface area contributed by atoms with Crippen LogP contribution in [0.2, 0.25) is 0 Å². The summed E-state index contributed by atoms with van der Waals surface area (Å²) in [5.74, 6) is 2.09. The molecule has 0 spiro atoms. The fourth-order valence-electron chi connectivity index (χ4n) is 2.19. The van der Waals surface area contributed by atoms with Crippen LogP contribution >= 0.6 is 11.6 Å². The Morgan fingerprint density at radius 2 is 2.25 bits per heavy atom. The first-order chi connectivity index (χ1) is 9.65. The maximum atomic E-state index is 6.21. The number of rotatable bonds is 4. The predicted octanol–water partition coefficient (Wildman–Crippen LogP) is 2.67. The minimum absolute atomic E-state index is 0.174. The van der Waals surface area contributed by atoms with E-state index in [0.29, 0.717) is 24.7 Å². The van der Waals surface area contributed by atoms with Crippen molar-refractivity contribution in [3.8, 4) is 0 Å². The summed E-state index contributed by atoms with van der Waals surface area (Å²) in [6.07, 6.45) is 4.14. The van der Waals surface area contributed by atoms with Gasteiger partial charge < -0.3 is 9.09 Å². The van der Waals surface area contributed by atoms with Crippen molar-refractivity contribution in [3.05, 3.63) is 36.0 Å². The van der Waals surface area contributed by atoms with Crippen molar-refractivity contribution in [1.29, 1.82) is 0 Å². The molecule has 0 amide bonds. The second kappa shape index (κ2) is 5.20. The zero-order valence-electron chi connectivity index (χ0n) is 11.2. The molecule has 0 aliphatic rings. The third kappa shape index (κ3) is 2.38. The Morgan fingerprint density at radius 3 is 2.95 bits per heavy atom. The Morgan fingerprint density at radius 1 is 1.40 bits per heavy atom. The average molecular weight is 292 g/mol. The van der Waals surface area contributed by atoms with Gasteiger partial charge in [-0.15, -0.1) is 11.6 Å². The first-order valence-corrected chi connectivity index (χ1v) is 6.82. The van der Waals surface area contributed by atoms with Gasteiger partial charge in [-0.1, -0.05) is 5.16 Å². The van der Waals surface area contributed by atoms with Gasteiger partial charge in [-0.2, -0.15) is 4.98 Å². The minimum Gasteiger partial charge on any atom is -0.339 e. The number of imidazole rings is 1. The van der Waals surface area contributed by atoms with Crippen molar-refractivity contribution in [2.24, 2.45) is 0 Å². The first kappa shape index (κ1) is 13.1. The number of fused-ring (bicyclic) bond motifs is 1. The number of alkyl halides is 1. The van der Waals surface area contributed by atoms with Gasteiger partial charge in [0.25, 0.3) is 0 Å². The molecule has 3 rings (SSSR count). The van der Waals surface area contributed by atoms with Crippen LogP contribution in [-0.2, 0) is 13.0 Å². The number of hydrogen-bond donors (Lipinski definition) is 0. The van der Waals surface area contributed by atoms with Crippen LogP contribution in [-0.4, -0.2) is 24.7 Å². The second-order valence-corrected chi connectivity index (χ2v) is 5.24. The van der Waals surface area contributed by atoms with Crippen LogP contribution in [0, 0.1) is 6.92 Å². The molecular weight excluding hydrogens is 278 g/mol. The monoisotopic (exact) mass is 291 g/mol. The van der Waals surface area contributed by atoms with E-state index in [-0.39, 0.29) is 5.38 Å². The predicted molar refractivity (Wildman–Crippen MR) is 74.5 cm³/mol. The fourth-order valence-corrected chi connectivity index (χ4v) is 2.35. The molecule has 3 heterocycles. The van der Waals surface area contributed by atoms with Crippen molar-refractivity contribution in [2.45, 2.75) is 32.2 Å². The van der Waals surface area contributed by atoms with Gasteiger partial charge >= 0.3 is 0 Å². The van der Waals surface area contributed by atoms with E-state index in [9.17, 15) is 0 Å². The van der Waals surface area contributed by atoms with Crippen molar-refractivity contribution in [3.63, 3.8) is 0 Å². The van der Waals surface area contributed by atoms with E-state index in [1.807, 2.05) is 13.0 Å². The van der Waals surface area contributed by atoms with Gasteiger partial charge in [0.05, 0.1) is 17.1 Å². The quantitative estimate of drug-likeness (QED) is 0.691. The maximum Gasteiger partial charge on any atom is 0.228 e. The van der Waals surface area contributed by atoms with Gasteiger partial charge in [0.2, 0.25) is 5.89 Å². The van der Waals surface area contributed by atoms with Gasteiger partial charge in [-0.05, 0) is 19.9 Å². The van der Waals surface area contributed by atoms with E-state index in [2.05, 4.69) is 24.7 Å². The lowest BCUT2D eigenvalue weighted by atomic mass is 10.3.